The van der Waals surface area contributed by atoms with Gasteiger partial charge in [-0.05, 0) is 62.7 Å². The van der Waals surface area contributed by atoms with E-state index in [0.717, 1.165) is 0 Å². The molecule has 0 unspecified atom stereocenters. The Balaban J connectivity index is 1.94. The fourth-order valence-electron chi connectivity index (χ4n) is 2.28. The molecule has 2 amide bonds. The van der Waals surface area contributed by atoms with Crippen LogP contribution in [-0.4, -0.2) is 25.8 Å². The number of hydrogen-bond donors (Lipinski definition) is 3. The number of hydrogen-bond acceptors (Lipinski definition) is 4. The molecule has 9 heteroatoms. The standard InChI is InChI=1S/C19H22FN3O4S/c1-19(2,3)23-28(26,27)16-10-6-14(7-11-16)18(25)22-21-17(24)12-13-4-8-15(20)9-5-13/h4-11,23H,12H2,1-3H3,(H,21,24)(H,22,25). The summed E-state index contributed by atoms with van der Waals surface area (Å²) in [6, 6.07) is 10.7. The zero-order valence-corrected chi connectivity index (χ0v) is 16.6. The minimum atomic E-state index is -3.70. The highest BCUT2D eigenvalue weighted by Crippen LogP contribution is 2.14. The molecule has 0 radical (unpaired) electrons. The van der Waals surface area contributed by atoms with E-state index in [-0.39, 0.29) is 16.9 Å². The van der Waals surface area contributed by atoms with Crippen molar-refractivity contribution < 1.29 is 22.4 Å². The number of nitrogens with one attached hydrogen (secondary N) is 3. The van der Waals surface area contributed by atoms with Crippen LogP contribution in [0.25, 0.3) is 0 Å². The molecule has 0 bridgehead atoms. The largest absolute Gasteiger partial charge is 0.273 e. The van der Waals surface area contributed by atoms with Crippen molar-refractivity contribution in [3.63, 3.8) is 0 Å². The molecule has 2 aromatic carbocycles. The first-order valence-corrected chi connectivity index (χ1v) is 9.92. The number of benzene rings is 2. The van der Waals surface area contributed by atoms with Crippen molar-refractivity contribution in [1.29, 1.82) is 0 Å². The van der Waals surface area contributed by atoms with Crippen LogP contribution in [0.1, 0.15) is 36.7 Å². The van der Waals surface area contributed by atoms with Crippen LogP contribution in [0.4, 0.5) is 4.39 Å². The lowest BCUT2D eigenvalue weighted by Crippen LogP contribution is -2.42. The van der Waals surface area contributed by atoms with E-state index < -0.39 is 33.2 Å². The van der Waals surface area contributed by atoms with Crippen LogP contribution < -0.4 is 15.6 Å². The predicted octanol–water partition coefficient (Wildman–Crippen LogP) is 1.91. The van der Waals surface area contributed by atoms with Crippen LogP contribution in [0.15, 0.2) is 53.4 Å². The number of carbonyl (C=O) groups is 2. The third-order valence-corrected chi connectivity index (χ3v) is 5.23. The van der Waals surface area contributed by atoms with Gasteiger partial charge in [0.2, 0.25) is 15.9 Å². The molecule has 0 spiro atoms. The van der Waals surface area contributed by atoms with E-state index in [2.05, 4.69) is 15.6 Å². The van der Waals surface area contributed by atoms with Crippen molar-refractivity contribution in [2.24, 2.45) is 0 Å². The molecule has 150 valence electrons. The second-order valence-electron chi connectivity index (χ2n) is 7.19. The normalized spacial score (nSPS) is 11.7. The van der Waals surface area contributed by atoms with Gasteiger partial charge in [0.15, 0.2) is 0 Å². The Morgan fingerprint density at radius 3 is 2.04 bits per heavy atom. The van der Waals surface area contributed by atoms with Crippen molar-refractivity contribution >= 4 is 21.8 Å². The molecule has 0 heterocycles. The van der Waals surface area contributed by atoms with E-state index in [1.165, 1.54) is 48.5 Å². The van der Waals surface area contributed by atoms with Crippen LogP contribution in [0, 0.1) is 5.82 Å². The number of rotatable bonds is 5. The highest BCUT2D eigenvalue weighted by molar-refractivity contribution is 7.89. The Morgan fingerprint density at radius 1 is 0.929 bits per heavy atom. The molecule has 0 aliphatic carbocycles. The monoisotopic (exact) mass is 407 g/mol. The van der Waals surface area contributed by atoms with Gasteiger partial charge >= 0.3 is 0 Å². The summed E-state index contributed by atoms with van der Waals surface area (Å²) in [7, 11) is -3.70. The summed E-state index contributed by atoms with van der Waals surface area (Å²) in [6.45, 7) is 5.17. The number of hydrazine groups is 1. The highest BCUT2D eigenvalue weighted by atomic mass is 32.2. The zero-order valence-electron chi connectivity index (χ0n) is 15.7. The quantitative estimate of drug-likeness (QED) is 0.659. The fraction of sp³-hybridized carbons (Fsp3) is 0.263. The molecule has 28 heavy (non-hydrogen) atoms. The van der Waals surface area contributed by atoms with Crippen LogP contribution in [0.5, 0.6) is 0 Å². The molecule has 0 fully saturated rings. The lowest BCUT2D eigenvalue weighted by atomic mass is 10.1. The van der Waals surface area contributed by atoms with Gasteiger partial charge in [0, 0.05) is 11.1 Å². The maximum Gasteiger partial charge on any atom is 0.269 e. The van der Waals surface area contributed by atoms with Gasteiger partial charge in [-0.25, -0.2) is 17.5 Å². The molecule has 2 rings (SSSR count). The maximum absolute atomic E-state index is 12.8. The first-order chi connectivity index (χ1) is 13.0. The van der Waals surface area contributed by atoms with E-state index >= 15 is 0 Å². The molecule has 3 N–H and O–H groups in total. The van der Waals surface area contributed by atoms with Gasteiger partial charge in [-0.1, -0.05) is 12.1 Å². The summed E-state index contributed by atoms with van der Waals surface area (Å²) in [5.41, 5.74) is 4.64. The van der Waals surface area contributed by atoms with Gasteiger partial charge in [0.1, 0.15) is 5.82 Å². The molecular weight excluding hydrogens is 385 g/mol. The van der Waals surface area contributed by atoms with E-state index in [1.54, 1.807) is 20.8 Å². The number of sulfonamides is 1. The third-order valence-electron chi connectivity index (χ3n) is 3.46. The smallest absolute Gasteiger partial charge is 0.269 e. The fourth-order valence-corrected chi connectivity index (χ4v) is 3.70. The Hall–Kier alpha value is -2.78. The Kier molecular flexibility index (Phi) is 6.52. The molecule has 0 aliphatic rings. The Labute approximate surface area is 163 Å². The summed E-state index contributed by atoms with van der Waals surface area (Å²) in [5.74, 6) is -1.48. The molecule has 0 atom stereocenters. The van der Waals surface area contributed by atoms with Crippen molar-refractivity contribution in [2.75, 3.05) is 0 Å². The van der Waals surface area contributed by atoms with Crippen LogP contribution in [-0.2, 0) is 21.2 Å². The number of carbonyl (C=O) groups excluding carboxylic acids is 2. The maximum atomic E-state index is 12.8. The molecule has 0 saturated carbocycles. The van der Waals surface area contributed by atoms with E-state index in [9.17, 15) is 22.4 Å². The minimum Gasteiger partial charge on any atom is -0.273 e. The second kappa shape index (κ2) is 8.49. The lowest BCUT2D eigenvalue weighted by molar-refractivity contribution is -0.121. The topological polar surface area (TPSA) is 104 Å². The van der Waals surface area contributed by atoms with Gasteiger partial charge in [-0.15, -0.1) is 0 Å². The number of halogens is 1. The summed E-state index contributed by atoms with van der Waals surface area (Å²) in [4.78, 5) is 24.0. The lowest BCUT2D eigenvalue weighted by Gasteiger charge is -2.20. The van der Waals surface area contributed by atoms with Crippen molar-refractivity contribution in [3.05, 3.63) is 65.5 Å². The van der Waals surface area contributed by atoms with Gasteiger partial charge in [-0.3, -0.25) is 20.4 Å². The predicted molar refractivity (Wildman–Crippen MR) is 102 cm³/mol. The van der Waals surface area contributed by atoms with Gasteiger partial charge in [-0.2, -0.15) is 0 Å². The van der Waals surface area contributed by atoms with Crippen LogP contribution in [0.2, 0.25) is 0 Å². The van der Waals surface area contributed by atoms with Gasteiger partial charge in [0.05, 0.1) is 11.3 Å². The van der Waals surface area contributed by atoms with Crippen LogP contribution >= 0.6 is 0 Å². The third kappa shape index (κ3) is 6.43. The SMILES string of the molecule is CC(C)(C)NS(=O)(=O)c1ccc(C(=O)NNC(=O)Cc2ccc(F)cc2)cc1. The minimum absolute atomic E-state index is 0.0271. The summed E-state index contributed by atoms with van der Waals surface area (Å²) in [5, 5.41) is 0. The van der Waals surface area contributed by atoms with Gasteiger partial charge < -0.3 is 0 Å². The first-order valence-electron chi connectivity index (χ1n) is 8.44. The van der Waals surface area contributed by atoms with Crippen molar-refractivity contribution in [1.82, 2.24) is 15.6 Å². The Bertz CT molecular complexity index is 950. The van der Waals surface area contributed by atoms with E-state index in [4.69, 9.17) is 0 Å². The molecule has 0 saturated heterocycles. The van der Waals surface area contributed by atoms with Crippen molar-refractivity contribution in [2.45, 2.75) is 37.6 Å². The molecular formula is C19H22FN3O4S. The summed E-state index contributed by atoms with van der Waals surface area (Å²) in [6.07, 6.45) is -0.0315. The van der Waals surface area contributed by atoms with E-state index in [1.807, 2.05) is 0 Å². The average molecular weight is 407 g/mol. The molecule has 7 nitrogen and oxygen atoms in total. The Morgan fingerprint density at radius 2 is 1.50 bits per heavy atom. The molecule has 0 aromatic heterocycles. The number of amides is 2. The average Bonchev–Trinajstić information content (AvgIpc) is 2.60. The van der Waals surface area contributed by atoms with Crippen LogP contribution in [0.3, 0.4) is 0 Å². The van der Waals surface area contributed by atoms with Gasteiger partial charge in [0.25, 0.3) is 5.91 Å². The summed E-state index contributed by atoms with van der Waals surface area (Å²) < 4.78 is 39.9. The molecule has 0 aliphatic heterocycles. The van der Waals surface area contributed by atoms with Crippen molar-refractivity contribution in [3.8, 4) is 0 Å². The summed E-state index contributed by atoms with van der Waals surface area (Å²) >= 11 is 0. The molecule has 2 aromatic rings. The highest BCUT2D eigenvalue weighted by Gasteiger charge is 2.22. The first kappa shape index (κ1) is 21.5. The second-order valence-corrected chi connectivity index (χ2v) is 8.87. The zero-order chi connectivity index (χ0) is 20.9. The van der Waals surface area contributed by atoms with E-state index in [0.29, 0.717) is 5.56 Å².